The normalized spacial score (nSPS) is 11.3. The molecule has 0 aliphatic heterocycles. The van der Waals surface area contributed by atoms with Crippen molar-refractivity contribution in [3.63, 3.8) is 0 Å². The van der Waals surface area contributed by atoms with Crippen LogP contribution in [-0.2, 0) is 0 Å². The first kappa shape index (κ1) is 16.2. The Morgan fingerprint density at radius 1 is 1.07 bits per heavy atom. The van der Waals surface area contributed by atoms with Crippen molar-refractivity contribution in [2.45, 2.75) is 0 Å². The number of halogens is 2. The minimum atomic E-state index is -0.434. The Morgan fingerprint density at radius 3 is 2.78 bits per heavy atom. The van der Waals surface area contributed by atoms with Crippen molar-refractivity contribution in [2.24, 2.45) is 0 Å². The maximum absolute atomic E-state index is 14.3. The van der Waals surface area contributed by atoms with E-state index >= 15 is 0 Å². The third-order valence-corrected chi connectivity index (χ3v) is 5.57. The van der Waals surface area contributed by atoms with E-state index in [0.717, 1.165) is 26.6 Å². The second kappa shape index (κ2) is 6.29. The highest BCUT2D eigenvalue weighted by atomic mass is 35.5. The largest absolute Gasteiger partial charge is 0.336 e. The van der Waals surface area contributed by atoms with Crippen molar-refractivity contribution in [3.05, 3.63) is 65.0 Å². The van der Waals surface area contributed by atoms with Crippen LogP contribution in [0.5, 0.6) is 0 Å². The van der Waals surface area contributed by atoms with Gasteiger partial charge in [-0.3, -0.25) is 0 Å². The van der Waals surface area contributed by atoms with E-state index in [1.54, 1.807) is 23.5 Å². The molecule has 0 fully saturated rings. The second-order valence-corrected chi connectivity index (χ2v) is 7.21. The van der Waals surface area contributed by atoms with E-state index in [-0.39, 0.29) is 5.69 Å². The summed E-state index contributed by atoms with van der Waals surface area (Å²) in [6.07, 6.45) is 1.52. The number of anilines is 2. The number of aromatic amines is 1. The number of para-hydroxylation sites is 2. The highest BCUT2D eigenvalue weighted by molar-refractivity contribution is 7.18. The van der Waals surface area contributed by atoms with Crippen molar-refractivity contribution in [3.8, 4) is 11.4 Å². The van der Waals surface area contributed by atoms with E-state index in [1.807, 2.05) is 29.6 Å². The predicted molar refractivity (Wildman–Crippen MR) is 107 cm³/mol. The molecule has 0 bridgehead atoms. The molecule has 3 aromatic heterocycles. The summed E-state index contributed by atoms with van der Waals surface area (Å²) in [6.45, 7) is 0. The molecule has 8 heteroatoms. The molecule has 2 N–H and O–H groups in total. The first-order valence-corrected chi connectivity index (χ1v) is 9.35. The average molecular weight is 396 g/mol. The standard InChI is InChI=1S/C19H11ClFN5S/c20-13-5-2-6-14(21)16(13)25-19-12-7-8-27-17(12)10-3-1-4-11(15(10)24-19)18-22-9-23-26-18/h1-9H,(H,24,25)(H,22,23,26). The van der Waals surface area contributed by atoms with Crippen LogP contribution in [0.25, 0.3) is 32.4 Å². The Balaban J connectivity index is 1.79. The number of fused-ring (bicyclic) bond motifs is 3. The highest BCUT2D eigenvalue weighted by Gasteiger charge is 2.16. The number of thiophene rings is 1. The minimum absolute atomic E-state index is 0.204. The molecule has 0 atom stereocenters. The monoisotopic (exact) mass is 395 g/mol. The van der Waals surface area contributed by atoms with Crippen LogP contribution >= 0.6 is 22.9 Å². The molecule has 0 spiro atoms. The van der Waals surface area contributed by atoms with Gasteiger partial charge in [-0.2, -0.15) is 0 Å². The Hall–Kier alpha value is -3.03. The van der Waals surface area contributed by atoms with Gasteiger partial charge in [-0.1, -0.05) is 29.8 Å². The number of benzene rings is 2. The summed E-state index contributed by atoms with van der Waals surface area (Å²) in [7, 11) is 0. The van der Waals surface area contributed by atoms with E-state index in [1.165, 1.54) is 12.4 Å². The van der Waals surface area contributed by atoms with Gasteiger partial charge in [-0.25, -0.2) is 9.37 Å². The topological polar surface area (TPSA) is 66.5 Å². The van der Waals surface area contributed by atoms with Crippen molar-refractivity contribution < 1.29 is 4.39 Å². The Kier molecular flexibility index (Phi) is 3.77. The zero-order chi connectivity index (χ0) is 18.4. The van der Waals surface area contributed by atoms with Gasteiger partial charge in [0.15, 0.2) is 5.82 Å². The minimum Gasteiger partial charge on any atom is -0.336 e. The van der Waals surface area contributed by atoms with Gasteiger partial charge in [-0.05, 0) is 29.6 Å². The molecular formula is C19H11ClFN5S. The van der Waals surface area contributed by atoms with Crippen LogP contribution in [0.1, 0.15) is 0 Å². The number of rotatable bonds is 3. The molecule has 0 amide bonds. The van der Waals surface area contributed by atoms with Crippen molar-refractivity contribution in [1.82, 2.24) is 20.2 Å². The van der Waals surface area contributed by atoms with Gasteiger partial charge < -0.3 is 10.3 Å². The zero-order valence-electron chi connectivity index (χ0n) is 13.7. The molecule has 0 aliphatic rings. The number of H-pyrrole nitrogens is 1. The molecule has 5 nitrogen and oxygen atoms in total. The summed E-state index contributed by atoms with van der Waals surface area (Å²) >= 11 is 7.79. The molecule has 0 saturated heterocycles. The lowest BCUT2D eigenvalue weighted by atomic mass is 10.1. The molecule has 0 aliphatic carbocycles. The fourth-order valence-electron chi connectivity index (χ4n) is 3.08. The van der Waals surface area contributed by atoms with Crippen LogP contribution in [0.3, 0.4) is 0 Å². The van der Waals surface area contributed by atoms with Crippen LogP contribution in [0.15, 0.2) is 54.2 Å². The summed E-state index contributed by atoms with van der Waals surface area (Å²) in [6, 6.07) is 12.4. The zero-order valence-corrected chi connectivity index (χ0v) is 15.3. The summed E-state index contributed by atoms with van der Waals surface area (Å²) in [5.74, 6) is 0.730. The van der Waals surface area contributed by atoms with E-state index < -0.39 is 5.82 Å². The molecule has 2 aromatic carbocycles. The van der Waals surface area contributed by atoms with E-state index in [0.29, 0.717) is 16.7 Å². The molecule has 5 aromatic rings. The molecule has 0 saturated carbocycles. The molecule has 3 heterocycles. The Labute approximate surface area is 161 Å². The Morgan fingerprint density at radius 2 is 1.96 bits per heavy atom. The molecule has 0 unspecified atom stereocenters. The van der Waals surface area contributed by atoms with Gasteiger partial charge in [0.05, 0.1) is 16.2 Å². The summed E-state index contributed by atoms with van der Waals surface area (Å²) in [5.41, 5.74) is 1.78. The van der Waals surface area contributed by atoms with Crippen LogP contribution in [0, 0.1) is 5.82 Å². The number of hydrogen-bond acceptors (Lipinski definition) is 5. The maximum Gasteiger partial charge on any atom is 0.163 e. The third-order valence-electron chi connectivity index (χ3n) is 4.30. The summed E-state index contributed by atoms with van der Waals surface area (Å²) in [5, 5.41) is 15.2. The van der Waals surface area contributed by atoms with Gasteiger partial charge in [0.25, 0.3) is 0 Å². The van der Waals surface area contributed by atoms with Crippen LogP contribution in [0.4, 0.5) is 15.9 Å². The van der Waals surface area contributed by atoms with Crippen molar-refractivity contribution in [1.29, 1.82) is 0 Å². The van der Waals surface area contributed by atoms with Gasteiger partial charge in [0.1, 0.15) is 18.0 Å². The van der Waals surface area contributed by atoms with Crippen LogP contribution < -0.4 is 5.32 Å². The molecule has 132 valence electrons. The van der Waals surface area contributed by atoms with E-state index in [2.05, 4.69) is 20.5 Å². The van der Waals surface area contributed by atoms with Gasteiger partial charge >= 0.3 is 0 Å². The number of pyridine rings is 1. The predicted octanol–water partition coefficient (Wildman–Crippen LogP) is 5.77. The molecule has 27 heavy (non-hydrogen) atoms. The van der Waals surface area contributed by atoms with Crippen molar-refractivity contribution in [2.75, 3.05) is 5.32 Å². The lowest BCUT2D eigenvalue weighted by Gasteiger charge is -2.12. The Bertz CT molecular complexity index is 1260. The van der Waals surface area contributed by atoms with Gasteiger partial charge in [0.2, 0.25) is 0 Å². The summed E-state index contributed by atoms with van der Waals surface area (Å²) < 4.78 is 15.3. The number of nitrogens with zero attached hydrogens (tertiary/aromatic N) is 3. The first-order chi connectivity index (χ1) is 13.2. The van der Waals surface area contributed by atoms with Gasteiger partial charge in [-0.15, -0.1) is 21.5 Å². The van der Waals surface area contributed by atoms with E-state index in [9.17, 15) is 4.39 Å². The average Bonchev–Trinajstić information content (AvgIpc) is 3.36. The smallest absolute Gasteiger partial charge is 0.163 e. The highest BCUT2D eigenvalue weighted by Crippen LogP contribution is 2.38. The first-order valence-electron chi connectivity index (χ1n) is 8.10. The third kappa shape index (κ3) is 2.63. The van der Waals surface area contributed by atoms with Gasteiger partial charge in [0, 0.05) is 21.0 Å². The SMILES string of the molecule is Fc1cccc(Cl)c1Nc1nc2c(-c3nnc[nH]3)cccc2c2sccc12. The van der Waals surface area contributed by atoms with E-state index in [4.69, 9.17) is 16.6 Å². The maximum atomic E-state index is 14.3. The molecule has 0 radical (unpaired) electrons. The molecular weight excluding hydrogens is 385 g/mol. The van der Waals surface area contributed by atoms with Crippen molar-refractivity contribution >= 4 is 55.4 Å². The number of hydrogen-bond donors (Lipinski definition) is 2. The fourth-order valence-corrected chi connectivity index (χ4v) is 4.22. The quantitative estimate of drug-likeness (QED) is 0.407. The summed E-state index contributed by atoms with van der Waals surface area (Å²) in [4.78, 5) is 7.81. The number of nitrogens with one attached hydrogen (secondary N) is 2. The molecule has 5 rings (SSSR count). The number of aromatic nitrogens is 4. The second-order valence-electron chi connectivity index (χ2n) is 5.88. The lowest BCUT2D eigenvalue weighted by Crippen LogP contribution is -1.99. The fraction of sp³-hybridized carbons (Fsp3) is 0. The lowest BCUT2D eigenvalue weighted by molar-refractivity contribution is 0.632. The van der Waals surface area contributed by atoms with Crippen LogP contribution in [0.2, 0.25) is 5.02 Å². The van der Waals surface area contributed by atoms with Crippen LogP contribution in [-0.4, -0.2) is 20.2 Å².